The maximum absolute atomic E-state index is 11.7. The molecule has 20 heavy (non-hydrogen) atoms. The van der Waals surface area contributed by atoms with E-state index in [1.807, 2.05) is 45.0 Å². The van der Waals surface area contributed by atoms with Crippen LogP contribution in [0.4, 0.5) is 0 Å². The van der Waals surface area contributed by atoms with E-state index in [1.165, 1.54) is 0 Å². The smallest absolute Gasteiger partial charge is 0.291 e. The molecule has 0 atom stereocenters. The van der Waals surface area contributed by atoms with Crippen molar-refractivity contribution in [3.8, 4) is 11.4 Å². The van der Waals surface area contributed by atoms with Gasteiger partial charge in [0.2, 0.25) is 0 Å². The molecule has 0 aliphatic rings. The number of nitrogens with zero attached hydrogens (tertiary/aromatic N) is 3. The van der Waals surface area contributed by atoms with Crippen molar-refractivity contribution in [3.05, 3.63) is 27.8 Å². The summed E-state index contributed by atoms with van der Waals surface area (Å²) >= 11 is 2.19. The molecule has 5 nitrogen and oxygen atoms in total. The molecule has 0 N–H and O–H groups in total. The van der Waals surface area contributed by atoms with Crippen LogP contribution < -0.4 is 0 Å². The van der Waals surface area contributed by atoms with E-state index in [0.717, 1.165) is 9.13 Å². The van der Waals surface area contributed by atoms with Crippen molar-refractivity contribution < 1.29 is 8.42 Å². The molecule has 1 heterocycles. The molecule has 2 aromatic rings. The van der Waals surface area contributed by atoms with Crippen molar-refractivity contribution >= 4 is 42.3 Å². The van der Waals surface area contributed by atoms with Crippen molar-refractivity contribution in [1.29, 1.82) is 0 Å². The Balaban J connectivity index is 2.76. The van der Waals surface area contributed by atoms with E-state index in [1.54, 1.807) is 4.57 Å². The summed E-state index contributed by atoms with van der Waals surface area (Å²) in [7, 11) is 1.50. The van der Waals surface area contributed by atoms with Gasteiger partial charge in [-0.25, -0.2) is 8.42 Å². The monoisotopic (exact) mass is 425 g/mol. The highest BCUT2D eigenvalue weighted by molar-refractivity contribution is 14.1. The molecule has 1 aromatic heterocycles. The molecule has 0 unspecified atom stereocenters. The Kier molecular flexibility index (Phi) is 4.14. The molecular formula is C12H13ClIN3O2S. The van der Waals surface area contributed by atoms with Crippen molar-refractivity contribution in [2.75, 3.05) is 0 Å². The van der Waals surface area contributed by atoms with Crippen LogP contribution in [0.3, 0.4) is 0 Å². The van der Waals surface area contributed by atoms with Gasteiger partial charge in [-0.05, 0) is 55.5 Å². The molecule has 0 saturated heterocycles. The first-order valence-corrected chi connectivity index (χ1v) is 9.16. The molecule has 0 fully saturated rings. The Hall–Kier alpha value is -0.670. The van der Waals surface area contributed by atoms with Gasteiger partial charge in [0.1, 0.15) is 0 Å². The first-order valence-electron chi connectivity index (χ1n) is 5.77. The van der Waals surface area contributed by atoms with Gasteiger partial charge in [0, 0.05) is 25.4 Å². The highest BCUT2D eigenvalue weighted by Gasteiger charge is 2.30. The average molecular weight is 426 g/mol. The second kappa shape index (κ2) is 5.27. The van der Waals surface area contributed by atoms with E-state index < -0.39 is 14.6 Å². The Morgan fingerprint density at radius 2 is 1.90 bits per heavy atom. The quantitative estimate of drug-likeness (QED) is 0.547. The minimum absolute atomic E-state index is 0.236. The van der Waals surface area contributed by atoms with Gasteiger partial charge < -0.3 is 0 Å². The van der Waals surface area contributed by atoms with E-state index in [9.17, 15) is 8.42 Å². The van der Waals surface area contributed by atoms with E-state index in [4.69, 9.17) is 10.7 Å². The normalized spacial score (nSPS) is 12.7. The largest absolute Gasteiger partial charge is 0.296 e. The second-order valence-corrected chi connectivity index (χ2v) is 8.97. The minimum atomic E-state index is -3.95. The fourth-order valence-electron chi connectivity index (χ4n) is 1.85. The zero-order chi connectivity index (χ0) is 15.1. The molecule has 0 aliphatic carbocycles. The molecule has 0 spiro atoms. The van der Waals surface area contributed by atoms with Crippen LogP contribution in [0.5, 0.6) is 0 Å². The lowest BCUT2D eigenvalue weighted by molar-refractivity contribution is 0.367. The van der Waals surface area contributed by atoms with Crippen molar-refractivity contribution in [1.82, 2.24) is 14.8 Å². The summed E-state index contributed by atoms with van der Waals surface area (Å²) in [6, 6.07) is 7.60. The molecule has 0 aliphatic heterocycles. The molecule has 0 radical (unpaired) electrons. The third kappa shape index (κ3) is 3.15. The summed E-state index contributed by atoms with van der Waals surface area (Å²) in [5.74, 6) is 0.482. The van der Waals surface area contributed by atoms with Crippen LogP contribution >= 0.6 is 33.3 Å². The van der Waals surface area contributed by atoms with E-state index in [-0.39, 0.29) is 5.16 Å². The van der Waals surface area contributed by atoms with Gasteiger partial charge in [-0.15, -0.1) is 10.2 Å². The number of halogens is 2. The van der Waals surface area contributed by atoms with E-state index in [2.05, 4.69) is 32.8 Å². The topological polar surface area (TPSA) is 64.8 Å². The number of aromatic nitrogens is 3. The zero-order valence-corrected chi connectivity index (χ0v) is 14.9. The number of benzene rings is 1. The number of hydrogen-bond donors (Lipinski definition) is 0. The lowest BCUT2D eigenvalue weighted by Gasteiger charge is -2.24. The van der Waals surface area contributed by atoms with Crippen LogP contribution in [-0.4, -0.2) is 23.2 Å². The third-order valence-corrected chi connectivity index (χ3v) is 4.39. The van der Waals surface area contributed by atoms with Crippen molar-refractivity contribution in [2.24, 2.45) is 0 Å². The zero-order valence-electron chi connectivity index (χ0n) is 11.1. The maximum Gasteiger partial charge on any atom is 0.296 e. The fraction of sp³-hybridized carbons (Fsp3) is 0.333. The molecule has 0 amide bonds. The summed E-state index contributed by atoms with van der Waals surface area (Å²) < 4.78 is 25.9. The van der Waals surface area contributed by atoms with Gasteiger partial charge in [-0.2, -0.15) is 0 Å². The van der Waals surface area contributed by atoms with Crippen molar-refractivity contribution in [2.45, 2.75) is 31.5 Å². The molecule has 0 saturated carbocycles. The molecular weight excluding hydrogens is 413 g/mol. The van der Waals surface area contributed by atoms with Crippen LogP contribution in [0.25, 0.3) is 11.4 Å². The summed E-state index contributed by atoms with van der Waals surface area (Å²) in [5.41, 5.74) is 0.281. The third-order valence-electron chi connectivity index (χ3n) is 2.61. The average Bonchev–Trinajstić information content (AvgIpc) is 2.72. The van der Waals surface area contributed by atoms with Crippen LogP contribution in [0, 0.1) is 3.57 Å². The number of rotatable bonds is 2. The summed E-state index contributed by atoms with van der Waals surface area (Å²) in [6.45, 7) is 5.62. The SMILES string of the molecule is CC(C)(C)n1c(-c2cccc(I)c2)nnc1S(=O)(=O)Cl. The Morgan fingerprint density at radius 1 is 1.25 bits per heavy atom. The molecule has 0 bridgehead atoms. The fourth-order valence-corrected chi connectivity index (χ4v) is 3.41. The van der Waals surface area contributed by atoms with Crippen LogP contribution in [0.2, 0.25) is 0 Å². The van der Waals surface area contributed by atoms with E-state index >= 15 is 0 Å². The summed E-state index contributed by atoms with van der Waals surface area (Å²) in [6.07, 6.45) is 0. The highest BCUT2D eigenvalue weighted by Crippen LogP contribution is 2.29. The van der Waals surface area contributed by atoms with Gasteiger partial charge in [-0.1, -0.05) is 12.1 Å². The van der Waals surface area contributed by atoms with Gasteiger partial charge >= 0.3 is 0 Å². The van der Waals surface area contributed by atoms with Crippen LogP contribution in [0.15, 0.2) is 29.4 Å². The predicted octanol–water partition coefficient (Wildman–Crippen LogP) is 3.23. The first-order chi connectivity index (χ1) is 9.10. The van der Waals surface area contributed by atoms with Crippen LogP contribution in [-0.2, 0) is 14.6 Å². The Morgan fingerprint density at radius 3 is 2.40 bits per heavy atom. The Labute approximate surface area is 135 Å². The standard InChI is InChI=1S/C12H13ClIN3O2S/c1-12(2,3)17-10(8-5-4-6-9(14)7-8)15-16-11(17)20(13,18)19/h4-7H,1-3H3. The number of hydrogen-bond acceptors (Lipinski definition) is 4. The lowest BCUT2D eigenvalue weighted by atomic mass is 10.1. The second-order valence-electron chi connectivity index (χ2n) is 5.26. The summed E-state index contributed by atoms with van der Waals surface area (Å²) in [4.78, 5) is 0. The minimum Gasteiger partial charge on any atom is -0.291 e. The van der Waals surface area contributed by atoms with Gasteiger partial charge in [0.15, 0.2) is 5.82 Å². The highest BCUT2D eigenvalue weighted by atomic mass is 127. The molecule has 2 rings (SSSR count). The maximum atomic E-state index is 11.7. The van der Waals surface area contributed by atoms with Gasteiger partial charge in [-0.3, -0.25) is 4.57 Å². The van der Waals surface area contributed by atoms with Gasteiger partial charge in [0.05, 0.1) is 0 Å². The van der Waals surface area contributed by atoms with Crippen molar-refractivity contribution in [3.63, 3.8) is 0 Å². The molecule has 108 valence electrons. The predicted molar refractivity (Wildman–Crippen MR) is 86.2 cm³/mol. The first kappa shape index (κ1) is 15.7. The van der Waals surface area contributed by atoms with Gasteiger partial charge in [0.25, 0.3) is 14.2 Å². The molecule has 8 heteroatoms. The van der Waals surface area contributed by atoms with E-state index in [0.29, 0.717) is 5.82 Å². The van der Waals surface area contributed by atoms with Crippen LogP contribution in [0.1, 0.15) is 20.8 Å². The molecule has 1 aromatic carbocycles. The Bertz CT molecular complexity index is 750. The summed E-state index contributed by atoms with van der Waals surface area (Å²) in [5, 5.41) is 7.52. The lowest BCUT2D eigenvalue weighted by Crippen LogP contribution is -2.25.